The topological polar surface area (TPSA) is 33.1 Å². The average Bonchev–Trinajstić information content (AvgIpc) is 2.71. The van der Waals surface area contributed by atoms with E-state index in [1.807, 2.05) is 17.9 Å². The summed E-state index contributed by atoms with van der Waals surface area (Å²) in [7, 11) is 4.12. The molecule has 0 amide bonds. The summed E-state index contributed by atoms with van der Waals surface area (Å²) in [5.41, 5.74) is 1.49. The fourth-order valence-electron chi connectivity index (χ4n) is 1.70. The molecule has 0 saturated carbocycles. The average molecular weight is 252 g/mol. The monoisotopic (exact) mass is 252 g/mol. The molecule has 1 heterocycles. The van der Waals surface area contributed by atoms with Gasteiger partial charge in [0.05, 0.1) is 6.20 Å². The van der Waals surface area contributed by atoms with Crippen molar-refractivity contribution in [1.82, 2.24) is 20.0 Å². The van der Waals surface area contributed by atoms with Gasteiger partial charge in [-0.1, -0.05) is 6.92 Å². The van der Waals surface area contributed by atoms with Crippen molar-refractivity contribution >= 4 is 0 Å². The van der Waals surface area contributed by atoms with Crippen LogP contribution in [0, 0.1) is 0 Å². The third-order valence-corrected chi connectivity index (χ3v) is 3.70. The van der Waals surface area contributed by atoms with Crippen molar-refractivity contribution in [3.8, 4) is 0 Å². The smallest absolute Gasteiger partial charge is 0.0534 e. The first-order chi connectivity index (χ1) is 8.34. The SMILES string of the molecule is CCC(C)(C)NCC(C)N(C)Cc1cnn(C)c1. The Morgan fingerprint density at radius 2 is 2.17 bits per heavy atom. The number of rotatable bonds is 7. The maximum Gasteiger partial charge on any atom is 0.0534 e. The summed E-state index contributed by atoms with van der Waals surface area (Å²) >= 11 is 0. The molecule has 0 radical (unpaired) electrons. The van der Waals surface area contributed by atoms with Crippen molar-refractivity contribution in [2.24, 2.45) is 7.05 Å². The zero-order chi connectivity index (χ0) is 13.8. The number of likely N-dealkylation sites (N-methyl/N-ethyl adjacent to an activating group) is 1. The van der Waals surface area contributed by atoms with Gasteiger partial charge in [0.25, 0.3) is 0 Å². The number of hydrogen-bond donors (Lipinski definition) is 1. The summed E-state index contributed by atoms with van der Waals surface area (Å²) in [4.78, 5) is 2.36. The Labute approximate surface area is 111 Å². The van der Waals surface area contributed by atoms with E-state index < -0.39 is 0 Å². The Hall–Kier alpha value is -0.870. The Morgan fingerprint density at radius 1 is 1.50 bits per heavy atom. The summed E-state index contributed by atoms with van der Waals surface area (Å²) in [5, 5.41) is 7.82. The second-order valence-corrected chi connectivity index (χ2v) is 5.90. The van der Waals surface area contributed by atoms with Gasteiger partial charge < -0.3 is 5.32 Å². The van der Waals surface area contributed by atoms with E-state index in [4.69, 9.17) is 0 Å². The first kappa shape index (κ1) is 15.2. The van der Waals surface area contributed by atoms with Gasteiger partial charge in [-0.25, -0.2) is 0 Å². The van der Waals surface area contributed by atoms with Crippen molar-refractivity contribution in [2.45, 2.75) is 52.2 Å². The normalized spacial score (nSPS) is 14.2. The van der Waals surface area contributed by atoms with Crippen LogP contribution in [0.1, 0.15) is 39.7 Å². The quantitative estimate of drug-likeness (QED) is 0.806. The van der Waals surface area contributed by atoms with Crippen LogP contribution in [0.25, 0.3) is 0 Å². The minimum Gasteiger partial charge on any atom is -0.310 e. The van der Waals surface area contributed by atoms with Gasteiger partial charge in [0.15, 0.2) is 0 Å². The molecule has 0 bridgehead atoms. The predicted molar refractivity (Wildman–Crippen MR) is 76.5 cm³/mol. The number of nitrogens with one attached hydrogen (secondary N) is 1. The summed E-state index contributed by atoms with van der Waals surface area (Å²) in [6, 6.07) is 0.510. The molecule has 1 rings (SSSR count). The summed E-state index contributed by atoms with van der Waals surface area (Å²) in [6.45, 7) is 10.9. The highest BCUT2D eigenvalue weighted by Crippen LogP contribution is 2.09. The molecule has 4 nitrogen and oxygen atoms in total. The standard InChI is InChI=1S/C14H28N4/c1-7-14(3,4)15-8-12(2)17(5)10-13-9-16-18(6)11-13/h9,11-12,15H,7-8,10H2,1-6H3. The largest absolute Gasteiger partial charge is 0.310 e. The molecule has 0 aliphatic carbocycles. The maximum atomic E-state index is 4.20. The summed E-state index contributed by atoms with van der Waals surface area (Å²) in [5.74, 6) is 0. The van der Waals surface area contributed by atoms with Gasteiger partial charge in [0.2, 0.25) is 0 Å². The van der Waals surface area contributed by atoms with Crippen LogP contribution in [0.2, 0.25) is 0 Å². The van der Waals surface area contributed by atoms with E-state index in [1.165, 1.54) is 5.56 Å². The first-order valence-corrected chi connectivity index (χ1v) is 6.77. The third-order valence-electron chi connectivity index (χ3n) is 3.70. The molecule has 1 N–H and O–H groups in total. The van der Waals surface area contributed by atoms with Gasteiger partial charge in [-0.3, -0.25) is 9.58 Å². The highest BCUT2D eigenvalue weighted by Gasteiger charge is 2.17. The minimum atomic E-state index is 0.226. The Balaban J connectivity index is 2.39. The van der Waals surface area contributed by atoms with Gasteiger partial charge in [-0.2, -0.15) is 5.10 Å². The van der Waals surface area contributed by atoms with Gasteiger partial charge >= 0.3 is 0 Å². The molecule has 1 unspecified atom stereocenters. The highest BCUT2D eigenvalue weighted by molar-refractivity contribution is 5.03. The predicted octanol–water partition coefficient (Wildman–Crippen LogP) is 2.02. The number of aryl methyl sites for hydroxylation is 1. The number of hydrogen-bond acceptors (Lipinski definition) is 3. The molecule has 1 aromatic heterocycles. The van der Waals surface area contributed by atoms with Crippen LogP contribution in [0.4, 0.5) is 0 Å². The van der Waals surface area contributed by atoms with Crippen molar-refractivity contribution in [1.29, 1.82) is 0 Å². The van der Waals surface area contributed by atoms with E-state index in [0.29, 0.717) is 6.04 Å². The fourth-order valence-corrected chi connectivity index (χ4v) is 1.70. The molecule has 0 saturated heterocycles. The molecule has 0 aromatic carbocycles. The van der Waals surface area contributed by atoms with Crippen LogP contribution in [-0.2, 0) is 13.6 Å². The lowest BCUT2D eigenvalue weighted by atomic mass is 10.0. The van der Waals surface area contributed by atoms with E-state index in [0.717, 1.165) is 19.5 Å². The van der Waals surface area contributed by atoms with E-state index in [1.54, 1.807) is 0 Å². The van der Waals surface area contributed by atoms with E-state index in [-0.39, 0.29) is 5.54 Å². The molecule has 0 aliphatic heterocycles. The fraction of sp³-hybridized carbons (Fsp3) is 0.786. The summed E-state index contributed by atoms with van der Waals surface area (Å²) < 4.78 is 1.85. The molecule has 0 fully saturated rings. The first-order valence-electron chi connectivity index (χ1n) is 6.77. The van der Waals surface area contributed by atoms with E-state index in [9.17, 15) is 0 Å². The lowest BCUT2D eigenvalue weighted by molar-refractivity contribution is 0.223. The highest BCUT2D eigenvalue weighted by atomic mass is 15.2. The van der Waals surface area contributed by atoms with Crippen molar-refractivity contribution in [3.63, 3.8) is 0 Å². The van der Waals surface area contributed by atoms with Crippen LogP contribution >= 0.6 is 0 Å². The second kappa shape index (κ2) is 6.34. The second-order valence-electron chi connectivity index (χ2n) is 5.90. The molecule has 1 aromatic rings. The zero-order valence-electron chi connectivity index (χ0n) is 12.7. The van der Waals surface area contributed by atoms with Gasteiger partial charge in [0, 0.05) is 43.5 Å². The van der Waals surface area contributed by atoms with Crippen LogP contribution in [0.3, 0.4) is 0 Å². The van der Waals surface area contributed by atoms with E-state index >= 15 is 0 Å². The number of nitrogens with zero attached hydrogens (tertiary/aromatic N) is 3. The van der Waals surface area contributed by atoms with Crippen LogP contribution < -0.4 is 5.32 Å². The molecular formula is C14H28N4. The lowest BCUT2D eigenvalue weighted by Crippen LogP contribution is -2.46. The Kier molecular flexibility index (Phi) is 5.35. The maximum absolute atomic E-state index is 4.20. The molecule has 0 spiro atoms. The molecule has 1 atom stereocenters. The van der Waals surface area contributed by atoms with E-state index in [2.05, 4.69) is 56.3 Å². The van der Waals surface area contributed by atoms with Crippen LogP contribution in [0.15, 0.2) is 12.4 Å². The number of aromatic nitrogens is 2. The van der Waals surface area contributed by atoms with Gasteiger partial charge in [-0.05, 0) is 34.2 Å². The lowest BCUT2D eigenvalue weighted by Gasteiger charge is -2.30. The minimum absolute atomic E-state index is 0.226. The molecule has 4 heteroatoms. The van der Waals surface area contributed by atoms with Crippen LogP contribution in [-0.4, -0.2) is 39.9 Å². The Bertz CT molecular complexity index is 356. The van der Waals surface area contributed by atoms with Crippen LogP contribution in [0.5, 0.6) is 0 Å². The summed E-state index contributed by atoms with van der Waals surface area (Å²) in [6.07, 6.45) is 5.16. The third kappa shape index (κ3) is 4.78. The van der Waals surface area contributed by atoms with Gasteiger partial charge in [0.1, 0.15) is 0 Å². The van der Waals surface area contributed by atoms with Crippen molar-refractivity contribution in [2.75, 3.05) is 13.6 Å². The molecule has 18 heavy (non-hydrogen) atoms. The molecule has 104 valence electrons. The zero-order valence-corrected chi connectivity index (χ0v) is 12.7. The molecular weight excluding hydrogens is 224 g/mol. The van der Waals surface area contributed by atoms with Crippen molar-refractivity contribution < 1.29 is 0 Å². The van der Waals surface area contributed by atoms with Gasteiger partial charge in [-0.15, -0.1) is 0 Å². The molecule has 0 aliphatic rings. The Morgan fingerprint density at radius 3 is 2.67 bits per heavy atom. The van der Waals surface area contributed by atoms with Crippen molar-refractivity contribution in [3.05, 3.63) is 18.0 Å².